The topological polar surface area (TPSA) is 183 Å². The van der Waals surface area contributed by atoms with Crippen LogP contribution in [-0.4, -0.2) is 67.2 Å². The van der Waals surface area contributed by atoms with Crippen LogP contribution in [0.3, 0.4) is 0 Å². The van der Waals surface area contributed by atoms with Crippen molar-refractivity contribution >= 4 is 46.7 Å². The first-order valence-corrected chi connectivity index (χ1v) is 23.6. The maximum absolute atomic E-state index is 14.4. The number of ketones is 4. The monoisotopic (exact) mass is 917 g/mol. The van der Waals surface area contributed by atoms with Crippen LogP contribution in [0.1, 0.15) is 178 Å². The fourth-order valence-corrected chi connectivity index (χ4v) is 7.52. The molecule has 0 unspecified atom stereocenters. The lowest BCUT2D eigenvalue weighted by Gasteiger charge is -2.27. The highest BCUT2D eigenvalue weighted by Crippen LogP contribution is 2.44. The average Bonchev–Trinajstić information content (AvgIpc) is 3.33. The van der Waals surface area contributed by atoms with Crippen LogP contribution >= 0.6 is 0 Å². The molecule has 2 aliphatic rings. The van der Waals surface area contributed by atoms with Gasteiger partial charge < -0.3 is 20.5 Å². The molecule has 2 aliphatic carbocycles. The summed E-state index contributed by atoms with van der Waals surface area (Å²) in [7, 11) is 0. The van der Waals surface area contributed by atoms with Crippen LogP contribution in [0.25, 0.3) is 11.1 Å². The Hall–Kier alpha value is -6.24. The zero-order valence-corrected chi connectivity index (χ0v) is 41.5. The molecule has 67 heavy (non-hydrogen) atoms. The zero-order chi connectivity index (χ0) is 50.1. The number of nitrogens with one attached hydrogen (secondary N) is 3. The Morgan fingerprint density at radius 2 is 1.00 bits per heavy atom. The van der Waals surface area contributed by atoms with Crippen LogP contribution < -0.4 is 21.7 Å². The minimum atomic E-state index is -0.877. The van der Waals surface area contributed by atoms with E-state index in [-0.39, 0.29) is 92.3 Å². The molecule has 360 valence electrons. The molecule has 5 N–H and O–H groups in total. The van der Waals surface area contributed by atoms with E-state index in [0.717, 1.165) is 19.3 Å². The number of anilines is 2. The Morgan fingerprint density at radius 3 is 1.37 bits per heavy atom. The van der Waals surface area contributed by atoms with E-state index >= 15 is 0 Å². The Kier molecular flexibility index (Phi) is 21.1. The summed E-state index contributed by atoms with van der Waals surface area (Å²) in [5.41, 5.74) is 7.82. The Morgan fingerprint density at radius 1 is 0.597 bits per heavy atom. The van der Waals surface area contributed by atoms with Crippen LogP contribution in [0.15, 0.2) is 84.9 Å². The first-order valence-electron chi connectivity index (χ1n) is 23.6. The maximum Gasteiger partial charge on any atom is 0.411 e. The first-order chi connectivity index (χ1) is 31.9. The van der Waals surface area contributed by atoms with E-state index in [1.807, 2.05) is 27.7 Å². The summed E-state index contributed by atoms with van der Waals surface area (Å²) >= 11 is 0. The molecule has 4 aromatic carbocycles. The molecular formula is C55H72N4O8. The molecule has 0 saturated carbocycles. The molecule has 0 atom stereocenters. The summed E-state index contributed by atoms with van der Waals surface area (Å²) in [6, 6.07) is 18.6. The SMILES string of the molecule is C=C(C)CCC(C)(C)CC.CC.CC.CCCCC(C)(C)NCCOC(=O)Nc1ccc(-c2ccc(NC(=O)OCCN)c3c2C(=O)c2ccccc2C3=O)c2c1C(=O)c1ccccc1C2=O. The number of allylic oxidation sites excluding steroid dienone is 1. The van der Waals surface area contributed by atoms with Gasteiger partial charge in [0, 0.05) is 52.0 Å². The van der Waals surface area contributed by atoms with Gasteiger partial charge in [-0.2, -0.15) is 0 Å². The van der Waals surface area contributed by atoms with Crippen molar-refractivity contribution in [3.05, 3.63) is 129 Å². The van der Waals surface area contributed by atoms with Gasteiger partial charge in [0.25, 0.3) is 0 Å². The number of carbonyl (C=O) groups is 6. The highest BCUT2D eigenvalue weighted by Gasteiger charge is 2.39. The summed E-state index contributed by atoms with van der Waals surface area (Å²) in [4.78, 5) is 82.5. The van der Waals surface area contributed by atoms with Crippen molar-refractivity contribution in [3.63, 3.8) is 0 Å². The summed E-state index contributed by atoms with van der Waals surface area (Å²) in [6.45, 7) is 27.6. The van der Waals surface area contributed by atoms with Gasteiger partial charge in [0.15, 0.2) is 23.1 Å². The maximum atomic E-state index is 14.4. The summed E-state index contributed by atoms with van der Waals surface area (Å²) < 4.78 is 10.5. The number of benzene rings is 4. The Bertz CT molecular complexity index is 2430. The molecule has 12 nitrogen and oxygen atoms in total. The van der Waals surface area contributed by atoms with Gasteiger partial charge in [0.2, 0.25) is 0 Å². The molecule has 0 spiro atoms. The fraction of sp³-hybridized carbons (Fsp3) is 0.418. The van der Waals surface area contributed by atoms with Gasteiger partial charge in [-0.15, -0.1) is 6.58 Å². The number of fused-ring (bicyclic) bond motifs is 4. The second-order valence-electron chi connectivity index (χ2n) is 17.4. The van der Waals surface area contributed by atoms with Crippen molar-refractivity contribution in [2.24, 2.45) is 11.1 Å². The number of hydrogen-bond acceptors (Lipinski definition) is 10. The number of carbonyl (C=O) groups excluding carboxylic acids is 6. The third kappa shape index (κ3) is 13.9. The van der Waals surface area contributed by atoms with Crippen molar-refractivity contribution in [2.75, 3.05) is 36.9 Å². The Balaban J connectivity index is 0.000000747. The van der Waals surface area contributed by atoms with E-state index in [0.29, 0.717) is 12.0 Å². The molecule has 6 rings (SSSR count). The normalized spacial score (nSPS) is 12.2. The van der Waals surface area contributed by atoms with Crippen LogP contribution in [0.2, 0.25) is 0 Å². The fourth-order valence-electron chi connectivity index (χ4n) is 7.52. The zero-order valence-electron chi connectivity index (χ0n) is 41.5. The van der Waals surface area contributed by atoms with Crippen molar-refractivity contribution in [2.45, 2.75) is 120 Å². The van der Waals surface area contributed by atoms with E-state index in [9.17, 15) is 28.8 Å². The second-order valence-corrected chi connectivity index (χ2v) is 17.4. The Labute approximate surface area is 397 Å². The lowest BCUT2D eigenvalue weighted by Crippen LogP contribution is -2.41. The minimum Gasteiger partial charge on any atom is -0.448 e. The molecule has 2 amide bonds. The number of nitrogens with two attached hydrogens (primary N) is 1. The molecule has 0 radical (unpaired) electrons. The van der Waals surface area contributed by atoms with Crippen molar-refractivity contribution in [3.8, 4) is 11.1 Å². The number of rotatable bonds is 16. The first kappa shape index (κ1) is 55.1. The molecule has 0 fully saturated rings. The van der Waals surface area contributed by atoms with Gasteiger partial charge in [-0.05, 0) is 68.7 Å². The minimum absolute atomic E-state index is 0.0181. The summed E-state index contributed by atoms with van der Waals surface area (Å²) in [5.74, 6) is -2.09. The number of unbranched alkanes of at least 4 members (excludes halogenated alkanes) is 1. The summed E-state index contributed by atoms with van der Waals surface area (Å²) in [6.07, 6.45) is 5.11. The van der Waals surface area contributed by atoms with Gasteiger partial charge in [-0.25, -0.2) is 9.59 Å². The number of amides is 2. The third-order valence-corrected chi connectivity index (χ3v) is 11.5. The highest BCUT2D eigenvalue weighted by atomic mass is 16.6. The van der Waals surface area contributed by atoms with Gasteiger partial charge in [-0.1, -0.05) is 141 Å². The van der Waals surface area contributed by atoms with Gasteiger partial charge in [0.05, 0.1) is 22.5 Å². The molecule has 12 heteroatoms. The lowest BCUT2D eigenvalue weighted by molar-refractivity contribution is 0.0978. The highest BCUT2D eigenvalue weighted by molar-refractivity contribution is 6.35. The van der Waals surface area contributed by atoms with E-state index < -0.39 is 35.3 Å². The standard InChI is InChI=1S/C41H40N4O8.C10H20.2C2H6/c1-4-5-18-41(2,3)43-20-22-53-40(51)45-30-17-15-24(32-34(30)38(49)28-13-9-7-11-26(28)36(32)47)23-14-16-29(44-39(50)52-21-19-42)33-31(23)35(46)25-10-6-8-12-27(25)37(33)48;1-6-10(4,5)8-7-9(2)3;2*1-2/h6-17,43H,4-5,18-22,42H2,1-3H3,(H,44,50)(H,45,51);2,6-8H2,1,3-5H3;2*1-2H3. The quantitative estimate of drug-likeness (QED) is 0.0538. The van der Waals surface area contributed by atoms with E-state index in [2.05, 4.69) is 71.0 Å². The van der Waals surface area contributed by atoms with Crippen molar-refractivity contribution in [1.29, 1.82) is 0 Å². The molecule has 0 bridgehead atoms. The number of hydrogen-bond donors (Lipinski definition) is 4. The van der Waals surface area contributed by atoms with Crippen LogP contribution in [-0.2, 0) is 9.47 Å². The lowest BCUT2D eigenvalue weighted by atomic mass is 9.75. The predicted octanol–water partition coefficient (Wildman–Crippen LogP) is 12.3. The van der Waals surface area contributed by atoms with E-state index in [1.54, 1.807) is 24.3 Å². The smallest absolute Gasteiger partial charge is 0.411 e. The van der Waals surface area contributed by atoms with Crippen molar-refractivity contribution < 1.29 is 38.2 Å². The molecule has 0 heterocycles. The van der Waals surface area contributed by atoms with E-state index in [1.165, 1.54) is 73.4 Å². The third-order valence-electron chi connectivity index (χ3n) is 11.5. The van der Waals surface area contributed by atoms with Crippen LogP contribution in [0.4, 0.5) is 21.0 Å². The van der Waals surface area contributed by atoms with Crippen molar-refractivity contribution in [1.82, 2.24) is 5.32 Å². The van der Waals surface area contributed by atoms with Crippen LogP contribution in [0.5, 0.6) is 0 Å². The second kappa shape index (κ2) is 25.6. The average molecular weight is 917 g/mol. The van der Waals surface area contributed by atoms with Gasteiger partial charge >= 0.3 is 12.2 Å². The molecule has 0 aromatic heterocycles. The molecule has 4 aromatic rings. The molecule has 0 aliphatic heterocycles. The van der Waals surface area contributed by atoms with Crippen LogP contribution in [0, 0.1) is 5.41 Å². The van der Waals surface area contributed by atoms with Gasteiger partial charge in [-0.3, -0.25) is 29.8 Å². The van der Waals surface area contributed by atoms with Gasteiger partial charge in [0.1, 0.15) is 13.2 Å². The summed E-state index contributed by atoms with van der Waals surface area (Å²) in [5, 5.41) is 8.58. The van der Waals surface area contributed by atoms with E-state index in [4.69, 9.17) is 15.2 Å². The predicted molar refractivity (Wildman–Crippen MR) is 270 cm³/mol. The largest absolute Gasteiger partial charge is 0.448 e. The molecular weight excluding hydrogens is 845 g/mol. The number of ether oxygens (including phenoxy) is 2. The molecule has 0 saturated heterocycles.